The van der Waals surface area contributed by atoms with Crippen molar-refractivity contribution in [1.82, 2.24) is 25.2 Å². The fourth-order valence-electron chi connectivity index (χ4n) is 2.56. The van der Waals surface area contributed by atoms with Gasteiger partial charge in [0.2, 0.25) is 5.82 Å². The van der Waals surface area contributed by atoms with E-state index < -0.39 is 0 Å². The van der Waals surface area contributed by atoms with Crippen LogP contribution in [0.15, 0.2) is 54.7 Å². The predicted octanol–water partition coefficient (Wildman–Crippen LogP) is 2.42. The van der Waals surface area contributed by atoms with Crippen molar-refractivity contribution in [3.63, 3.8) is 0 Å². The second kappa shape index (κ2) is 5.60. The Labute approximate surface area is 135 Å². The van der Waals surface area contributed by atoms with Crippen LogP contribution in [-0.4, -0.2) is 31.1 Å². The minimum atomic E-state index is -0.172. The summed E-state index contributed by atoms with van der Waals surface area (Å²) in [6.07, 6.45) is 1.72. The molecule has 0 radical (unpaired) electrons. The Balaban J connectivity index is 1.72. The van der Waals surface area contributed by atoms with Crippen LogP contribution in [0, 0.1) is 5.21 Å². The number of hydrogen-bond acceptors (Lipinski definition) is 6. The molecule has 0 aliphatic carbocycles. The molecule has 0 amide bonds. The van der Waals surface area contributed by atoms with Gasteiger partial charge in [0.05, 0.1) is 5.52 Å². The second-order valence-corrected chi connectivity index (χ2v) is 5.18. The zero-order valence-electron chi connectivity index (χ0n) is 12.3. The number of aromatic nitrogens is 5. The standard InChI is InChI=1S/C16H11N6O2/c23-16(10-1-4-13(19-24)5-2-10)22-8-7-11-9-12(3-6-14(11)22)15-17-20-21-18-15/h1-9,19H,(H,17,18,20,21)/q-1. The smallest absolute Gasteiger partial charge is 0.262 e. The van der Waals surface area contributed by atoms with Gasteiger partial charge in [-0.05, 0) is 53.7 Å². The molecule has 2 N–H and O–H groups in total. The Bertz CT molecular complexity index is 1000. The Hall–Kier alpha value is -3.52. The maximum atomic E-state index is 12.7. The van der Waals surface area contributed by atoms with E-state index in [4.69, 9.17) is 0 Å². The van der Waals surface area contributed by atoms with Gasteiger partial charge in [0.15, 0.2) is 0 Å². The topological polar surface area (TPSA) is 112 Å². The lowest BCUT2D eigenvalue weighted by Gasteiger charge is -2.10. The highest BCUT2D eigenvalue weighted by Gasteiger charge is 2.12. The van der Waals surface area contributed by atoms with E-state index in [1.54, 1.807) is 40.5 Å². The normalized spacial score (nSPS) is 10.9. The van der Waals surface area contributed by atoms with E-state index in [1.807, 2.05) is 24.3 Å². The average Bonchev–Trinajstić information content (AvgIpc) is 3.30. The first-order chi connectivity index (χ1) is 11.8. The zero-order chi connectivity index (χ0) is 16.5. The van der Waals surface area contributed by atoms with Gasteiger partial charge >= 0.3 is 0 Å². The fourth-order valence-corrected chi connectivity index (χ4v) is 2.56. The molecule has 0 saturated carbocycles. The van der Waals surface area contributed by atoms with E-state index in [9.17, 15) is 10.0 Å². The number of carbonyl (C=O) groups is 1. The number of nitrogens with one attached hydrogen (secondary N) is 2. The summed E-state index contributed by atoms with van der Waals surface area (Å²) < 4.78 is 1.56. The molecule has 118 valence electrons. The SMILES string of the molecule is O=C(c1ccc(N[O-])cc1)n1ccc2cc(-c3nn[nH]n3)ccc21. The summed E-state index contributed by atoms with van der Waals surface area (Å²) >= 11 is 0. The number of fused-ring (bicyclic) bond motifs is 1. The lowest BCUT2D eigenvalue weighted by atomic mass is 10.1. The van der Waals surface area contributed by atoms with Crippen LogP contribution in [0.5, 0.6) is 0 Å². The van der Waals surface area contributed by atoms with Crippen molar-refractivity contribution in [1.29, 1.82) is 0 Å². The first kappa shape index (κ1) is 14.1. The Morgan fingerprint density at radius 3 is 2.67 bits per heavy atom. The van der Waals surface area contributed by atoms with Gasteiger partial charge in [0, 0.05) is 28.4 Å². The molecule has 2 heterocycles. The third-order valence-corrected chi connectivity index (χ3v) is 3.76. The van der Waals surface area contributed by atoms with Crippen molar-refractivity contribution in [2.45, 2.75) is 0 Å². The summed E-state index contributed by atoms with van der Waals surface area (Å²) in [4.78, 5) is 12.7. The van der Waals surface area contributed by atoms with E-state index in [1.165, 1.54) is 0 Å². The van der Waals surface area contributed by atoms with Crippen LogP contribution >= 0.6 is 0 Å². The number of benzene rings is 2. The molecule has 0 saturated heterocycles. The molecule has 0 aliphatic heterocycles. The number of anilines is 1. The molecule has 4 rings (SSSR count). The van der Waals surface area contributed by atoms with Crippen molar-refractivity contribution in [3.05, 3.63) is 65.5 Å². The van der Waals surface area contributed by atoms with Gasteiger partial charge in [-0.15, -0.1) is 10.2 Å². The number of nitrogens with zero attached hydrogens (tertiary/aromatic N) is 4. The monoisotopic (exact) mass is 319 g/mol. The van der Waals surface area contributed by atoms with Gasteiger partial charge < -0.3 is 10.7 Å². The quantitative estimate of drug-likeness (QED) is 0.561. The molecule has 2 aromatic heterocycles. The molecule has 0 atom stereocenters. The van der Waals surface area contributed by atoms with Gasteiger partial charge in [0.25, 0.3) is 5.91 Å². The molecule has 0 bridgehead atoms. The van der Waals surface area contributed by atoms with Crippen molar-refractivity contribution >= 4 is 22.5 Å². The summed E-state index contributed by atoms with van der Waals surface area (Å²) in [5.74, 6) is 0.325. The van der Waals surface area contributed by atoms with Gasteiger partial charge in [-0.2, -0.15) is 5.21 Å². The van der Waals surface area contributed by atoms with E-state index in [-0.39, 0.29) is 5.91 Å². The summed E-state index contributed by atoms with van der Waals surface area (Å²) in [6, 6.07) is 13.8. The second-order valence-electron chi connectivity index (χ2n) is 5.18. The van der Waals surface area contributed by atoms with Crippen LogP contribution in [0.2, 0.25) is 0 Å². The Morgan fingerprint density at radius 2 is 1.96 bits per heavy atom. The number of rotatable bonds is 3. The molecule has 0 aliphatic rings. The minimum Gasteiger partial charge on any atom is -0.761 e. The van der Waals surface area contributed by atoms with Crippen molar-refractivity contribution in [3.8, 4) is 11.4 Å². The largest absolute Gasteiger partial charge is 0.761 e. The highest BCUT2D eigenvalue weighted by atomic mass is 16.5. The van der Waals surface area contributed by atoms with Crippen LogP contribution in [0.4, 0.5) is 5.69 Å². The number of H-pyrrole nitrogens is 1. The van der Waals surface area contributed by atoms with Crippen LogP contribution in [0.1, 0.15) is 10.4 Å². The third kappa shape index (κ3) is 2.31. The molecular weight excluding hydrogens is 308 g/mol. The van der Waals surface area contributed by atoms with Crippen LogP contribution in [0.25, 0.3) is 22.3 Å². The molecule has 4 aromatic rings. The highest BCUT2D eigenvalue weighted by molar-refractivity contribution is 6.02. The van der Waals surface area contributed by atoms with Gasteiger partial charge in [-0.3, -0.25) is 9.36 Å². The van der Waals surface area contributed by atoms with Crippen LogP contribution < -0.4 is 5.48 Å². The predicted molar refractivity (Wildman–Crippen MR) is 88.3 cm³/mol. The van der Waals surface area contributed by atoms with Gasteiger partial charge in [-0.25, -0.2) is 0 Å². The average molecular weight is 319 g/mol. The molecular formula is C16H11N6O2-. The minimum absolute atomic E-state index is 0.172. The van der Waals surface area contributed by atoms with Crippen molar-refractivity contribution < 1.29 is 4.79 Å². The first-order valence-electron chi connectivity index (χ1n) is 7.14. The molecule has 8 heteroatoms. The van der Waals surface area contributed by atoms with Gasteiger partial charge in [0.1, 0.15) is 0 Å². The number of tetrazole rings is 1. The van der Waals surface area contributed by atoms with Gasteiger partial charge in [-0.1, -0.05) is 0 Å². The number of hydrogen-bond donors (Lipinski definition) is 2. The van der Waals surface area contributed by atoms with E-state index in [0.29, 0.717) is 17.1 Å². The van der Waals surface area contributed by atoms with Crippen LogP contribution in [0.3, 0.4) is 0 Å². The van der Waals surface area contributed by atoms with Crippen molar-refractivity contribution in [2.75, 3.05) is 5.48 Å². The molecule has 0 unspecified atom stereocenters. The number of aromatic amines is 1. The maximum Gasteiger partial charge on any atom is 0.262 e. The van der Waals surface area contributed by atoms with Crippen molar-refractivity contribution in [2.24, 2.45) is 0 Å². The maximum absolute atomic E-state index is 12.7. The summed E-state index contributed by atoms with van der Waals surface area (Å²) in [5, 5.41) is 25.3. The molecule has 24 heavy (non-hydrogen) atoms. The summed E-state index contributed by atoms with van der Waals surface area (Å²) in [5.41, 5.74) is 4.28. The molecule has 0 fully saturated rings. The lowest BCUT2D eigenvalue weighted by molar-refractivity contribution is 0.0965. The first-order valence-corrected chi connectivity index (χ1v) is 7.14. The van der Waals surface area contributed by atoms with Crippen LogP contribution in [-0.2, 0) is 0 Å². The summed E-state index contributed by atoms with van der Waals surface area (Å²) in [7, 11) is 0. The molecule has 2 aromatic carbocycles. The molecule has 0 spiro atoms. The highest BCUT2D eigenvalue weighted by Crippen LogP contribution is 2.23. The third-order valence-electron chi connectivity index (χ3n) is 3.76. The van der Waals surface area contributed by atoms with E-state index in [2.05, 4.69) is 20.6 Å². The van der Waals surface area contributed by atoms with E-state index >= 15 is 0 Å². The summed E-state index contributed by atoms with van der Waals surface area (Å²) in [6.45, 7) is 0. The lowest BCUT2D eigenvalue weighted by Crippen LogP contribution is -2.10. The zero-order valence-corrected chi connectivity index (χ0v) is 12.3. The molecule has 8 nitrogen and oxygen atoms in total. The van der Waals surface area contributed by atoms with E-state index in [0.717, 1.165) is 16.5 Å². The Morgan fingerprint density at radius 1 is 1.12 bits per heavy atom. The fraction of sp³-hybridized carbons (Fsp3) is 0. The number of carbonyl (C=O) groups excluding carboxylic acids is 1. The Kier molecular flexibility index (Phi) is 3.29.